The molecule has 0 bridgehead atoms. The lowest BCUT2D eigenvalue weighted by atomic mass is 10.2. The number of nitro benzene ring substituents is 1. The van der Waals surface area contributed by atoms with Crippen molar-refractivity contribution in [1.82, 2.24) is 5.43 Å². The molecule has 0 atom stereocenters. The fraction of sp³-hybridized carbons (Fsp3) is 0.125. The first-order chi connectivity index (χ1) is 12.7. The van der Waals surface area contributed by atoms with E-state index in [4.69, 9.17) is 0 Å². The SMILES string of the molecule is O=C(CNc1cccc(C(F)(F)F)c1)N/N=C\c1cc([N+](=O)[O-])ccc1[O-]. The van der Waals surface area contributed by atoms with Gasteiger partial charge in [-0.25, -0.2) is 5.43 Å². The average molecular weight is 381 g/mol. The van der Waals surface area contributed by atoms with Crippen molar-refractivity contribution in [2.45, 2.75) is 6.18 Å². The van der Waals surface area contributed by atoms with Gasteiger partial charge in [0.2, 0.25) is 0 Å². The molecule has 0 heterocycles. The molecule has 2 aromatic carbocycles. The van der Waals surface area contributed by atoms with Gasteiger partial charge in [0.1, 0.15) is 0 Å². The van der Waals surface area contributed by atoms with Crippen LogP contribution in [0.3, 0.4) is 0 Å². The molecule has 142 valence electrons. The summed E-state index contributed by atoms with van der Waals surface area (Å²) in [6.45, 7) is -0.377. The summed E-state index contributed by atoms with van der Waals surface area (Å²) in [5.41, 5.74) is 0.872. The van der Waals surface area contributed by atoms with Crippen molar-refractivity contribution in [2.75, 3.05) is 11.9 Å². The summed E-state index contributed by atoms with van der Waals surface area (Å²) < 4.78 is 37.8. The number of alkyl halides is 3. The number of nitrogens with zero attached hydrogens (tertiary/aromatic N) is 2. The minimum Gasteiger partial charge on any atom is -0.872 e. The van der Waals surface area contributed by atoms with Gasteiger partial charge >= 0.3 is 6.18 Å². The lowest BCUT2D eigenvalue weighted by Crippen LogP contribution is -2.26. The van der Waals surface area contributed by atoms with Crippen LogP contribution in [0.4, 0.5) is 24.5 Å². The maximum Gasteiger partial charge on any atom is 0.416 e. The minimum atomic E-state index is -4.50. The van der Waals surface area contributed by atoms with E-state index in [-0.39, 0.29) is 23.5 Å². The van der Waals surface area contributed by atoms with E-state index in [1.54, 1.807) is 0 Å². The number of nitrogens with one attached hydrogen (secondary N) is 2. The standard InChI is InChI=1S/C16H13F3N4O4/c17-16(18,19)11-2-1-3-12(7-11)20-9-15(25)22-21-8-10-6-13(23(26)27)4-5-14(10)24/h1-8,20,24H,9H2,(H,22,25)/p-1/b21-8-. The van der Waals surface area contributed by atoms with Crippen molar-refractivity contribution in [2.24, 2.45) is 5.10 Å². The predicted molar refractivity (Wildman–Crippen MR) is 88.2 cm³/mol. The second-order valence-electron chi connectivity index (χ2n) is 5.20. The second kappa shape index (κ2) is 8.17. The fourth-order valence-corrected chi connectivity index (χ4v) is 1.95. The molecule has 0 spiro atoms. The molecule has 2 N–H and O–H groups in total. The van der Waals surface area contributed by atoms with Gasteiger partial charge in [-0.15, -0.1) is 0 Å². The predicted octanol–water partition coefficient (Wildman–Crippen LogP) is 2.25. The summed E-state index contributed by atoms with van der Waals surface area (Å²) in [5, 5.41) is 28.2. The van der Waals surface area contributed by atoms with Gasteiger partial charge in [-0.2, -0.15) is 18.3 Å². The molecule has 27 heavy (non-hydrogen) atoms. The third-order valence-electron chi connectivity index (χ3n) is 3.24. The Morgan fingerprint density at radius 3 is 2.63 bits per heavy atom. The molecule has 8 nitrogen and oxygen atoms in total. The van der Waals surface area contributed by atoms with E-state index in [0.29, 0.717) is 0 Å². The average Bonchev–Trinajstić information content (AvgIpc) is 2.61. The van der Waals surface area contributed by atoms with Crippen LogP contribution in [-0.2, 0) is 11.0 Å². The molecule has 0 fully saturated rings. The minimum absolute atomic E-state index is 0.0875. The Hall–Kier alpha value is -3.63. The molecule has 0 aliphatic carbocycles. The molecule has 2 rings (SSSR count). The van der Waals surface area contributed by atoms with Gasteiger partial charge in [-0.05, 0) is 23.8 Å². The molecule has 0 saturated heterocycles. The van der Waals surface area contributed by atoms with Gasteiger partial charge in [0.15, 0.2) is 0 Å². The Labute approximate surface area is 150 Å². The van der Waals surface area contributed by atoms with Crippen LogP contribution in [0.15, 0.2) is 47.6 Å². The van der Waals surface area contributed by atoms with Crippen molar-refractivity contribution in [3.8, 4) is 5.75 Å². The van der Waals surface area contributed by atoms with Crippen LogP contribution in [0.5, 0.6) is 5.75 Å². The van der Waals surface area contributed by atoms with E-state index in [1.165, 1.54) is 12.1 Å². The highest BCUT2D eigenvalue weighted by Crippen LogP contribution is 2.30. The van der Waals surface area contributed by atoms with E-state index < -0.39 is 28.3 Å². The Balaban J connectivity index is 1.93. The fourth-order valence-electron chi connectivity index (χ4n) is 1.95. The van der Waals surface area contributed by atoms with Crippen molar-refractivity contribution in [3.05, 3.63) is 63.7 Å². The lowest BCUT2D eigenvalue weighted by Gasteiger charge is -2.10. The molecule has 0 saturated carbocycles. The van der Waals surface area contributed by atoms with Gasteiger partial charge in [0.05, 0.1) is 23.2 Å². The molecule has 0 aromatic heterocycles. The Kier molecular flexibility index (Phi) is 5.96. The molecular formula is C16H12F3N4O4-. The summed E-state index contributed by atoms with van der Waals surface area (Å²) in [4.78, 5) is 21.6. The van der Waals surface area contributed by atoms with Crippen LogP contribution < -0.4 is 15.8 Å². The van der Waals surface area contributed by atoms with E-state index in [0.717, 1.165) is 36.5 Å². The summed E-state index contributed by atoms with van der Waals surface area (Å²) in [6, 6.07) is 7.34. The van der Waals surface area contributed by atoms with Crippen molar-refractivity contribution in [3.63, 3.8) is 0 Å². The molecule has 0 unspecified atom stereocenters. The van der Waals surface area contributed by atoms with Gasteiger partial charge in [0.25, 0.3) is 11.6 Å². The zero-order chi connectivity index (χ0) is 20.0. The molecule has 1 amide bonds. The van der Waals surface area contributed by atoms with Crippen molar-refractivity contribution in [1.29, 1.82) is 0 Å². The monoisotopic (exact) mass is 381 g/mol. The Morgan fingerprint density at radius 1 is 1.22 bits per heavy atom. The molecule has 2 aromatic rings. The number of halogens is 3. The van der Waals surface area contributed by atoms with Crippen LogP contribution >= 0.6 is 0 Å². The van der Waals surface area contributed by atoms with Crippen molar-refractivity contribution < 1.29 is 28.0 Å². The summed E-state index contributed by atoms with van der Waals surface area (Å²) >= 11 is 0. The largest absolute Gasteiger partial charge is 0.872 e. The number of hydrogen-bond acceptors (Lipinski definition) is 6. The Morgan fingerprint density at radius 2 is 1.96 bits per heavy atom. The first-order valence-electron chi connectivity index (χ1n) is 7.35. The van der Waals surface area contributed by atoms with E-state index in [2.05, 4.69) is 15.8 Å². The number of nitro groups is 1. The van der Waals surface area contributed by atoms with Gasteiger partial charge < -0.3 is 10.4 Å². The summed E-state index contributed by atoms with van der Waals surface area (Å²) in [5.74, 6) is -1.22. The number of amides is 1. The van der Waals surface area contributed by atoms with Crippen LogP contribution in [0, 0.1) is 10.1 Å². The maximum atomic E-state index is 12.6. The van der Waals surface area contributed by atoms with Crippen molar-refractivity contribution >= 4 is 23.5 Å². The lowest BCUT2D eigenvalue weighted by molar-refractivity contribution is -0.385. The van der Waals surface area contributed by atoms with Crippen LogP contribution in [-0.4, -0.2) is 23.6 Å². The highest BCUT2D eigenvalue weighted by Gasteiger charge is 2.30. The van der Waals surface area contributed by atoms with Crippen LogP contribution in [0.25, 0.3) is 0 Å². The van der Waals surface area contributed by atoms with E-state index >= 15 is 0 Å². The number of carbonyl (C=O) groups is 1. The van der Waals surface area contributed by atoms with Gasteiger partial charge in [0, 0.05) is 17.8 Å². The highest BCUT2D eigenvalue weighted by molar-refractivity contribution is 5.86. The smallest absolute Gasteiger partial charge is 0.416 e. The van der Waals surface area contributed by atoms with Gasteiger partial charge in [-0.1, -0.05) is 17.9 Å². The number of non-ortho nitro benzene ring substituents is 1. The maximum absolute atomic E-state index is 12.6. The number of rotatable bonds is 6. The number of anilines is 1. The molecule has 0 aliphatic rings. The number of hydrazone groups is 1. The molecular weight excluding hydrogens is 369 g/mol. The molecule has 0 radical (unpaired) electrons. The molecule has 11 heteroatoms. The first-order valence-corrected chi connectivity index (χ1v) is 7.35. The molecule has 0 aliphatic heterocycles. The number of carbonyl (C=O) groups excluding carboxylic acids is 1. The third kappa shape index (κ3) is 5.70. The zero-order valence-electron chi connectivity index (χ0n) is 13.5. The van der Waals surface area contributed by atoms with Crippen LogP contribution in [0.1, 0.15) is 11.1 Å². The summed E-state index contributed by atoms with van der Waals surface area (Å²) in [6.07, 6.45) is -3.56. The van der Waals surface area contributed by atoms with Crippen LogP contribution in [0.2, 0.25) is 0 Å². The first kappa shape index (κ1) is 19.7. The third-order valence-corrected chi connectivity index (χ3v) is 3.24. The Bertz CT molecular complexity index is 884. The topological polar surface area (TPSA) is 120 Å². The van der Waals surface area contributed by atoms with E-state index in [9.17, 15) is 33.2 Å². The highest BCUT2D eigenvalue weighted by atomic mass is 19.4. The van der Waals surface area contributed by atoms with E-state index in [1.807, 2.05) is 0 Å². The number of hydrogen-bond donors (Lipinski definition) is 2. The normalized spacial score (nSPS) is 11.4. The number of benzene rings is 2. The second-order valence-corrected chi connectivity index (χ2v) is 5.20. The quantitative estimate of drug-likeness (QED) is 0.452. The zero-order valence-corrected chi connectivity index (χ0v) is 13.5. The summed E-state index contributed by atoms with van der Waals surface area (Å²) in [7, 11) is 0. The van der Waals surface area contributed by atoms with Gasteiger partial charge in [-0.3, -0.25) is 14.9 Å².